The van der Waals surface area contributed by atoms with E-state index >= 15 is 0 Å². The van der Waals surface area contributed by atoms with Crippen molar-refractivity contribution in [2.45, 2.75) is 12.9 Å². The van der Waals surface area contributed by atoms with Gasteiger partial charge < -0.3 is 4.74 Å². The summed E-state index contributed by atoms with van der Waals surface area (Å²) in [7, 11) is 0. The molecular formula is C4H5FN2O6. The summed E-state index contributed by atoms with van der Waals surface area (Å²) in [5.74, 6) is -5.09. The monoisotopic (exact) mass is 196 g/mol. The molecule has 13 heavy (non-hydrogen) atoms. The van der Waals surface area contributed by atoms with Gasteiger partial charge in [-0.2, -0.15) is 0 Å². The zero-order valence-electron chi connectivity index (χ0n) is 6.43. The van der Waals surface area contributed by atoms with Crippen LogP contribution in [-0.2, 0) is 9.53 Å². The Labute approximate surface area is 70.6 Å². The lowest BCUT2D eigenvalue weighted by atomic mass is 10.5. The summed E-state index contributed by atoms with van der Waals surface area (Å²) in [5.41, 5.74) is 0. The summed E-state index contributed by atoms with van der Waals surface area (Å²) in [6.07, 6.45) is 0. The molecule has 0 N–H and O–H groups in total. The normalized spacial score (nSPS) is 14.3. The summed E-state index contributed by atoms with van der Waals surface area (Å²) < 4.78 is 16.4. The van der Waals surface area contributed by atoms with Crippen molar-refractivity contribution in [1.29, 1.82) is 0 Å². The molecule has 1 unspecified atom stereocenters. The molecule has 0 aromatic heterocycles. The zero-order chi connectivity index (χ0) is 10.6. The fraction of sp³-hybridized carbons (Fsp3) is 0.750. The van der Waals surface area contributed by atoms with Crippen LogP contribution in [0.15, 0.2) is 0 Å². The molecule has 0 saturated heterocycles. The number of rotatable bonds is 4. The fourth-order valence-corrected chi connectivity index (χ4v) is 0.507. The van der Waals surface area contributed by atoms with Gasteiger partial charge in [-0.15, -0.1) is 4.39 Å². The molecule has 0 aliphatic heterocycles. The van der Waals surface area contributed by atoms with E-state index in [1.807, 2.05) is 0 Å². The van der Waals surface area contributed by atoms with E-state index in [4.69, 9.17) is 0 Å². The number of nitro groups is 2. The van der Waals surface area contributed by atoms with Crippen molar-refractivity contribution in [3.8, 4) is 0 Å². The largest absolute Gasteiger partial charge is 0.587 e. The van der Waals surface area contributed by atoms with Crippen LogP contribution in [0.2, 0.25) is 0 Å². The predicted octanol–water partition coefficient (Wildman–Crippen LogP) is -0.274. The number of ether oxygens (including phenoxy) is 1. The van der Waals surface area contributed by atoms with Crippen LogP contribution in [-0.4, -0.2) is 28.3 Å². The SMILES string of the molecule is CC(=O)OC(F)(C[N+](=O)[O-])[N+](=O)[O-]. The highest BCUT2D eigenvalue weighted by molar-refractivity contribution is 5.66. The Balaban J connectivity index is 4.62. The first kappa shape index (κ1) is 11.2. The van der Waals surface area contributed by atoms with Crippen molar-refractivity contribution in [2.75, 3.05) is 6.54 Å². The maximum Gasteiger partial charge on any atom is 0.587 e. The number of nitrogens with zero attached hydrogens (tertiary/aromatic N) is 2. The molecule has 0 fully saturated rings. The number of hydrogen-bond acceptors (Lipinski definition) is 6. The second-order valence-electron chi connectivity index (χ2n) is 2.03. The third-order valence-corrected chi connectivity index (χ3v) is 0.897. The topological polar surface area (TPSA) is 113 Å². The molecule has 1 atom stereocenters. The lowest BCUT2D eigenvalue weighted by Gasteiger charge is -2.10. The molecule has 0 aliphatic carbocycles. The molecule has 74 valence electrons. The molecule has 0 bridgehead atoms. The first-order valence-corrected chi connectivity index (χ1v) is 2.93. The number of hydrogen-bond donors (Lipinski definition) is 0. The number of carbonyl (C=O) groups is 1. The van der Waals surface area contributed by atoms with Crippen molar-refractivity contribution in [3.05, 3.63) is 20.2 Å². The Kier molecular flexibility index (Phi) is 3.22. The van der Waals surface area contributed by atoms with Gasteiger partial charge in [-0.25, -0.2) is 0 Å². The predicted molar refractivity (Wildman–Crippen MR) is 34.5 cm³/mol. The van der Waals surface area contributed by atoms with Crippen LogP contribution < -0.4 is 0 Å². The van der Waals surface area contributed by atoms with Crippen LogP contribution in [0, 0.1) is 20.2 Å². The van der Waals surface area contributed by atoms with Gasteiger partial charge in [0.05, 0.1) is 0 Å². The number of carbonyl (C=O) groups excluding carboxylic acids is 1. The highest BCUT2D eigenvalue weighted by Gasteiger charge is 2.54. The second-order valence-corrected chi connectivity index (χ2v) is 2.03. The van der Waals surface area contributed by atoms with Crippen LogP contribution in [0.25, 0.3) is 0 Å². The van der Waals surface area contributed by atoms with Gasteiger partial charge in [0.15, 0.2) is 0 Å². The number of alkyl halides is 1. The zero-order valence-corrected chi connectivity index (χ0v) is 6.43. The summed E-state index contributed by atoms with van der Waals surface area (Å²) in [6.45, 7) is -1.02. The van der Waals surface area contributed by atoms with Crippen LogP contribution in [0.4, 0.5) is 4.39 Å². The summed E-state index contributed by atoms with van der Waals surface area (Å²) in [4.78, 5) is 26.9. The minimum absolute atomic E-state index is 0.706. The Morgan fingerprint density at radius 3 is 2.23 bits per heavy atom. The average Bonchev–Trinajstić information content (AvgIpc) is 1.82. The first-order valence-electron chi connectivity index (χ1n) is 2.93. The molecule has 0 rings (SSSR count). The highest BCUT2D eigenvalue weighted by Crippen LogP contribution is 2.14. The molecule has 0 saturated carbocycles. The fourth-order valence-electron chi connectivity index (χ4n) is 0.507. The minimum atomic E-state index is -3.78. The van der Waals surface area contributed by atoms with E-state index in [2.05, 4.69) is 4.74 Å². The van der Waals surface area contributed by atoms with Crippen molar-refractivity contribution >= 4 is 5.97 Å². The van der Waals surface area contributed by atoms with Gasteiger partial charge in [-0.3, -0.25) is 25.0 Å². The summed E-state index contributed by atoms with van der Waals surface area (Å²) in [6, 6.07) is 0. The quantitative estimate of drug-likeness (QED) is 0.201. The maximum absolute atomic E-state index is 12.8. The molecule has 0 spiro atoms. The molecule has 0 radical (unpaired) electrons. The molecular weight excluding hydrogens is 191 g/mol. The molecule has 8 nitrogen and oxygen atoms in total. The van der Waals surface area contributed by atoms with E-state index in [1.165, 1.54) is 0 Å². The van der Waals surface area contributed by atoms with E-state index in [-0.39, 0.29) is 0 Å². The Morgan fingerprint density at radius 1 is 1.54 bits per heavy atom. The maximum atomic E-state index is 12.8. The van der Waals surface area contributed by atoms with E-state index in [9.17, 15) is 29.4 Å². The van der Waals surface area contributed by atoms with Gasteiger partial charge in [-0.05, 0) is 0 Å². The van der Waals surface area contributed by atoms with E-state index in [0.717, 1.165) is 0 Å². The Morgan fingerprint density at radius 2 is 2.00 bits per heavy atom. The molecule has 0 aromatic rings. The van der Waals surface area contributed by atoms with Crippen LogP contribution >= 0.6 is 0 Å². The Hall–Kier alpha value is -1.80. The van der Waals surface area contributed by atoms with Gasteiger partial charge in [0.2, 0.25) is 0 Å². The minimum Gasteiger partial charge on any atom is -0.364 e. The smallest absolute Gasteiger partial charge is 0.364 e. The van der Waals surface area contributed by atoms with Gasteiger partial charge in [0, 0.05) is 11.8 Å². The summed E-state index contributed by atoms with van der Waals surface area (Å²) in [5, 5.41) is 19.7. The van der Waals surface area contributed by atoms with Gasteiger partial charge in [0.1, 0.15) is 4.92 Å². The van der Waals surface area contributed by atoms with E-state index in [0.29, 0.717) is 6.92 Å². The first-order chi connectivity index (χ1) is 5.78. The van der Waals surface area contributed by atoms with Crippen LogP contribution in [0.3, 0.4) is 0 Å². The standard InChI is InChI=1S/C4H5FN2O6/c1-3(8)13-4(5,7(11)12)2-6(9)10/h2H2,1H3. The van der Waals surface area contributed by atoms with E-state index < -0.39 is 28.3 Å². The summed E-state index contributed by atoms with van der Waals surface area (Å²) >= 11 is 0. The third kappa shape index (κ3) is 3.40. The van der Waals surface area contributed by atoms with Gasteiger partial charge in [-0.1, -0.05) is 0 Å². The molecule has 0 heterocycles. The van der Waals surface area contributed by atoms with Gasteiger partial charge in [0.25, 0.3) is 0 Å². The lowest BCUT2D eigenvalue weighted by Crippen LogP contribution is -2.44. The Bertz CT molecular complexity index is 237. The van der Waals surface area contributed by atoms with Crippen molar-refractivity contribution in [3.63, 3.8) is 0 Å². The molecule has 0 aliphatic rings. The highest BCUT2D eigenvalue weighted by atomic mass is 19.2. The van der Waals surface area contributed by atoms with Crippen molar-refractivity contribution in [2.24, 2.45) is 0 Å². The van der Waals surface area contributed by atoms with E-state index in [1.54, 1.807) is 0 Å². The molecule has 0 amide bonds. The van der Waals surface area contributed by atoms with Crippen LogP contribution in [0.5, 0.6) is 0 Å². The number of halogens is 1. The second kappa shape index (κ2) is 3.74. The number of esters is 1. The lowest BCUT2D eigenvalue weighted by molar-refractivity contribution is -0.702. The van der Waals surface area contributed by atoms with Crippen molar-refractivity contribution in [1.82, 2.24) is 0 Å². The van der Waals surface area contributed by atoms with Gasteiger partial charge >= 0.3 is 18.5 Å². The van der Waals surface area contributed by atoms with Crippen molar-refractivity contribution < 1.29 is 23.8 Å². The molecule has 0 aromatic carbocycles. The van der Waals surface area contributed by atoms with Crippen LogP contribution in [0.1, 0.15) is 6.92 Å². The average molecular weight is 196 g/mol. The third-order valence-electron chi connectivity index (χ3n) is 0.897. The molecule has 9 heteroatoms.